The molecule has 1 aromatic carbocycles. The summed E-state index contributed by atoms with van der Waals surface area (Å²) in [6, 6.07) is 11.8. The molecule has 4 rings (SSSR count). The fraction of sp³-hybridized carbons (Fsp3) is 0.0909. The maximum Gasteiger partial charge on any atom is 0.291 e. The van der Waals surface area contributed by atoms with Gasteiger partial charge in [0, 0.05) is 22.8 Å². The topological polar surface area (TPSA) is 127 Å². The van der Waals surface area contributed by atoms with Crippen LogP contribution < -0.4 is 16.6 Å². The summed E-state index contributed by atoms with van der Waals surface area (Å²) in [6.45, 7) is 1.60. The van der Waals surface area contributed by atoms with Crippen LogP contribution in [0.15, 0.2) is 68.8 Å². The number of hydrogen-bond donors (Lipinski definition) is 3. The van der Waals surface area contributed by atoms with Gasteiger partial charge < -0.3 is 25.0 Å². The Morgan fingerprint density at radius 2 is 2.06 bits per heavy atom. The van der Waals surface area contributed by atoms with Gasteiger partial charge in [0.2, 0.25) is 5.55 Å². The molecule has 0 aliphatic carbocycles. The number of pyridine rings is 1. The van der Waals surface area contributed by atoms with Gasteiger partial charge in [-0.3, -0.25) is 9.78 Å². The predicted octanol–water partition coefficient (Wildman–Crippen LogP) is 3.34. The Bertz CT molecular complexity index is 1340. The molecule has 0 spiro atoms. The van der Waals surface area contributed by atoms with Crippen molar-refractivity contribution in [1.82, 2.24) is 4.98 Å². The van der Waals surface area contributed by atoms with E-state index in [0.29, 0.717) is 39.2 Å². The number of aromatic nitrogens is 1. The monoisotopic (exact) mass is 434 g/mol. The van der Waals surface area contributed by atoms with Crippen molar-refractivity contribution in [1.29, 1.82) is 0 Å². The van der Waals surface area contributed by atoms with Crippen molar-refractivity contribution >= 4 is 45.5 Å². The lowest BCUT2D eigenvalue weighted by molar-refractivity contribution is 0.0996. The van der Waals surface area contributed by atoms with E-state index < -0.39 is 0 Å². The SMILES string of the molecule is Cc1ncc(CO)c2cc(C(N)=S)c(=Nc3ccc(NC(=O)c4ccco4)cc3)oc12. The van der Waals surface area contributed by atoms with Gasteiger partial charge in [-0.15, -0.1) is 0 Å². The van der Waals surface area contributed by atoms with Crippen LogP contribution in [0.1, 0.15) is 27.4 Å². The average molecular weight is 434 g/mol. The summed E-state index contributed by atoms with van der Waals surface area (Å²) >= 11 is 5.17. The first-order valence-electron chi connectivity index (χ1n) is 9.29. The van der Waals surface area contributed by atoms with Gasteiger partial charge in [0.25, 0.3) is 5.91 Å². The van der Waals surface area contributed by atoms with Crippen molar-refractivity contribution in [2.45, 2.75) is 13.5 Å². The van der Waals surface area contributed by atoms with E-state index in [1.165, 1.54) is 6.26 Å². The highest BCUT2D eigenvalue weighted by Crippen LogP contribution is 2.22. The third kappa shape index (κ3) is 4.23. The lowest BCUT2D eigenvalue weighted by Crippen LogP contribution is -2.21. The van der Waals surface area contributed by atoms with Crippen molar-refractivity contribution in [3.8, 4) is 0 Å². The molecule has 0 unspecified atom stereocenters. The van der Waals surface area contributed by atoms with Crippen LogP contribution >= 0.6 is 12.2 Å². The largest absolute Gasteiger partial charge is 0.459 e. The molecule has 9 heteroatoms. The molecule has 4 N–H and O–H groups in total. The molecule has 3 aromatic heterocycles. The summed E-state index contributed by atoms with van der Waals surface area (Å²) < 4.78 is 11.1. The number of thiocarbonyl (C=S) groups is 1. The molecule has 1 amide bonds. The quantitative estimate of drug-likeness (QED) is 0.411. The Hall–Kier alpha value is -3.82. The van der Waals surface area contributed by atoms with Crippen LogP contribution in [0, 0.1) is 6.92 Å². The lowest BCUT2D eigenvalue weighted by Gasteiger charge is -2.08. The van der Waals surface area contributed by atoms with Crippen LogP contribution in [0.25, 0.3) is 11.0 Å². The maximum absolute atomic E-state index is 12.1. The number of rotatable bonds is 5. The highest BCUT2D eigenvalue weighted by molar-refractivity contribution is 7.80. The molecule has 0 saturated heterocycles. The molecule has 0 radical (unpaired) electrons. The van der Waals surface area contributed by atoms with Crippen LogP contribution in [-0.2, 0) is 6.61 Å². The minimum atomic E-state index is -0.349. The second-order valence-corrected chi connectivity index (χ2v) is 7.13. The van der Waals surface area contributed by atoms with Crippen LogP contribution in [0.3, 0.4) is 0 Å². The van der Waals surface area contributed by atoms with Crippen molar-refractivity contribution in [3.05, 3.63) is 83.1 Å². The van der Waals surface area contributed by atoms with Gasteiger partial charge in [-0.05, 0) is 49.4 Å². The fourth-order valence-corrected chi connectivity index (χ4v) is 3.16. The number of carbonyl (C=O) groups is 1. The highest BCUT2D eigenvalue weighted by atomic mass is 32.1. The van der Waals surface area contributed by atoms with Gasteiger partial charge >= 0.3 is 0 Å². The Balaban J connectivity index is 1.73. The van der Waals surface area contributed by atoms with E-state index in [-0.39, 0.29) is 28.8 Å². The number of carbonyl (C=O) groups excluding carboxylic acids is 1. The van der Waals surface area contributed by atoms with Gasteiger partial charge in [0.1, 0.15) is 4.99 Å². The molecule has 0 aliphatic heterocycles. The number of benzene rings is 1. The molecule has 0 aliphatic rings. The van der Waals surface area contributed by atoms with Crippen molar-refractivity contribution in [2.24, 2.45) is 10.7 Å². The second-order valence-electron chi connectivity index (χ2n) is 6.69. The minimum absolute atomic E-state index is 0.116. The Kier molecular flexibility index (Phi) is 5.61. The van der Waals surface area contributed by atoms with E-state index in [4.69, 9.17) is 26.8 Å². The van der Waals surface area contributed by atoms with Crippen LogP contribution in [-0.4, -0.2) is 21.0 Å². The summed E-state index contributed by atoms with van der Waals surface area (Å²) in [7, 11) is 0. The molecule has 156 valence electrons. The zero-order valence-electron chi connectivity index (χ0n) is 16.5. The molecule has 0 fully saturated rings. The number of aliphatic hydroxyl groups is 1. The van der Waals surface area contributed by atoms with E-state index >= 15 is 0 Å². The van der Waals surface area contributed by atoms with Gasteiger partial charge in [-0.2, -0.15) is 0 Å². The number of fused-ring (bicyclic) bond motifs is 1. The van der Waals surface area contributed by atoms with E-state index in [2.05, 4.69) is 15.3 Å². The third-order valence-corrected chi connectivity index (χ3v) is 4.81. The predicted molar refractivity (Wildman–Crippen MR) is 119 cm³/mol. The number of furan rings is 1. The number of nitrogens with one attached hydrogen (secondary N) is 1. The number of aliphatic hydroxyl groups excluding tert-OH is 1. The Labute approximate surface area is 182 Å². The van der Waals surface area contributed by atoms with Crippen molar-refractivity contribution in [3.63, 3.8) is 0 Å². The van der Waals surface area contributed by atoms with E-state index in [9.17, 15) is 9.90 Å². The summed E-state index contributed by atoms with van der Waals surface area (Å²) in [4.78, 5) is 21.0. The summed E-state index contributed by atoms with van der Waals surface area (Å²) in [5.41, 5.74) is 9.46. The molecule has 4 aromatic rings. The number of nitrogens with zero attached hydrogens (tertiary/aromatic N) is 2. The normalized spacial score (nSPS) is 11.6. The lowest BCUT2D eigenvalue weighted by atomic mass is 10.1. The highest BCUT2D eigenvalue weighted by Gasteiger charge is 2.13. The zero-order chi connectivity index (χ0) is 22.0. The summed E-state index contributed by atoms with van der Waals surface area (Å²) in [6.07, 6.45) is 3.02. The number of hydrogen-bond acceptors (Lipinski definition) is 7. The van der Waals surface area contributed by atoms with Gasteiger partial charge in [-0.25, -0.2) is 4.99 Å². The smallest absolute Gasteiger partial charge is 0.291 e. The third-order valence-electron chi connectivity index (χ3n) is 4.59. The summed E-state index contributed by atoms with van der Waals surface area (Å²) in [5.74, 6) is -0.131. The second kappa shape index (κ2) is 8.50. The standard InChI is InChI=1S/C22H18N4O4S/c1-12-19-16(13(11-27)10-24-12)9-17(20(23)31)22(30-19)26-15-6-4-14(5-7-15)25-21(28)18-3-2-8-29-18/h2-10,27H,11H2,1H3,(H2,23,31)(H,25,28). The number of aryl methyl sites for hydroxylation is 1. The number of amides is 1. The van der Waals surface area contributed by atoms with E-state index in [1.807, 2.05) is 0 Å². The van der Waals surface area contributed by atoms with Gasteiger partial charge in [-0.1, -0.05) is 12.2 Å². The molecule has 3 heterocycles. The van der Waals surface area contributed by atoms with E-state index in [1.54, 1.807) is 55.6 Å². The molecule has 0 atom stereocenters. The molecule has 0 saturated carbocycles. The molecule has 0 bridgehead atoms. The zero-order valence-corrected chi connectivity index (χ0v) is 17.3. The van der Waals surface area contributed by atoms with Crippen molar-refractivity contribution in [2.75, 3.05) is 5.32 Å². The van der Waals surface area contributed by atoms with Gasteiger partial charge in [0.05, 0.1) is 29.8 Å². The molecular formula is C22H18N4O4S. The van der Waals surface area contributed by atoms with E-state index in [0.717, 1.165) is 0 Å². The minimum Gasteiger partial charge on any atom is -0.459 e. The van der Waals surface area contributed by atoms with Crippen LogP contribution in [0.2, 0.25) is 0 Å². The molecule has 31 heavy (non-hydrogen) atoms. The van der Waals surface area contributed by atoms with Crippen molar-refractivity contribution < 1.29 is 18.7 Å². The first-order valence-corrected chi connectivity index (χ1v) is 9.69. The van der Waals surface area contributed by atoms with Crippen LogP contribution in [0.4, 0.5) is 11.4 Å². The first-order chi connectivity index (χ1) is 15.0. The Morgan fingerprint density at radius 1 is 1.29 bits per heavy atom. The maximum atomic E-state index is 12.1. The Morgan fingerprint density at radius 3 is 2.71 bits per heavy atom. The van der Waals surface area contributed by atoms with Gasteiger partial charge in [0.15, 0.2) is 11.3 Å². The van der Waals surface area contributed by atoms with Crippen LogP contribution in [0.5, 0.6) is 0 Å². The number of anilines is 1. The average Bonchev–Trinajstić information content (AvgIpc) is 3.30. The first kappa shape index (κ1) is 20.5. The molecular weight excluding hydrogens is 416 g/mol. The fourth-order valence-electron chi connectivity index (χ4n) is 3.01. The molecule has 8 nitrogen and oxygen atoms in total. The summed E-state index contributed by atoms with van der Waals surface area (Å²) in [5, 5.41) is 13.0. The number of nitrogens with two attached hydrogens (primary N) is 1.